The summed E-state index contributed by atoms with van der Waals surface area (Å²) in [5, 5.41) is 0.987. The summed E-state index contributed by atoms with van der Waals surface area (Å²) < 4.78 is 11.2. The van der Waals surface area contributed by atoms with Crippen molar-refractivity contribution in [1.29, 1.82) is 0 Å². The summed E-state index contributed by atoms with van der Waals surface area (Å²) in [4.78, 5) is 9.61. The van der Waals surface area contributed by atoms with E-state index in [4.69, 9.17) is 19.4 Å². The van der Waals surface area contributed by atoms with Gasteiger partial charge >= 0.3 is 0 Å². The molecule has 1 aromatic heterocycles. The summed E-state index contributed by atoms with van der Waals surface area (Å²) in [5.41, 5.74) is 2.99. The zero-order valence-electron chi connectivity index (χ0n) is 14.3. The van der Waals surface area contributed by atoms with Gasteiger partial charge < -0.3 is 9.47 Å². The van der Waals surface area contributed by atoms with Crippen LogP contribution in [0, 0.1) is 0 Å². The smallest absolute Gasteiger partial charge is 0.160 e. The highest BCUT2D eigenvalue weighted by Crippen LogP contribution is 2.34. The third-order valence-corrected chi connectivity index (χ3v) is 4.95. The fourth-order valence-corrected chi connectivity index (χ4v) is 3.42. The largest absolute Gasteiger partial charge is 0.497 e. The maximum absolute atomic E-state index is 5.95. The molecule has 5 heteroatoms. The van der Waals surface area contributed by atoms with E-state index in [1.807, 2.05) is 30.3 Å². The molecule has 0 aliphatic carbocycles. The van der Waals surface area contributed by atoms with E-state index in [-0.39, 0.29) is 5.60 Å². The van der Waals surface area contributed by atoms with Gasteiger partial charge in [0.1, 0.15) is 10.8 Å². The molecule has 0 bridgehead atoms. The second-order valence-corrected chi connectivity index (χ2v) is 7.34. The van der Waals surface area contributed by atoms with Crippen molar-refractivity contribution in [3.05, 3.63) is 48.2 Å². The van der Waals surface area contributed by atoms with Gasteiger partial charge in [-0.1, -0.05) is 6.08 Å². The van der Waals surface area contributed by atoms with E-state index in [1.165, 1.54) is 0 Å². The number of thioether (sulfide) groups is 1. The fraction of sp³-hybridized carbons (Fsp3) is 0.368. The minimum atomic E-state index is -0.196. The molecule has 0 saturated heterocycles. The Balaban J connectivity index is 2.04. The molecular weight excluding hydrogens is 320 g/mol. The van der Waals surface area contributed by atoms with Gasteiger partial charge in [-0.15, -0.1) is 18.3 Å². The number of ether oxygens (including phenoxy) is 2. The first kappa shape index (κ1) is 17.0. The van der Waals surface area contributed by atoms with Crippen molar-refractivity contribution < 1.29 is 9.47 Å². The van der Waals surface area contributed by atoms with E-state index in [1.54, 1.807) is 18.9 Å². The molecule has 0 amide bonds. The Hall–Kier alpha value is -1.85. The Morgan fingerprint density at radius 3 is 2.71 bits per heavy atom. The average Bonchev–Trinajstić information content (AvgIpc) is 2.58. The molecule has 1 aliphatic heterocycles. The number of hydrogen-bond donors (Lipinski definition) is 0. The van der Waals surface area contributed by atoms with Crippen LogP contribution in [-0.2, 0) is 17.8 Å². The molecule has 4 nitrogen and oxygen atoms in total. The highest BCUT2D eigenvalue weighted by molar-refractivity contribution is 7.99. The molecule has 1 aliphatic rings. The quantitative estimate of drug-likeness (QED) is 0.461. The second-order valence-electron chi connectivity index (χ2n) is 6.33. The van der Waals surface area contributed by atoms with Crippen molar-refractivity contribution in [3.63, 3.8) is 0 Å². The number of fused-ring (bicyclic) bond motifs is 1. The van der Waals surface area contributed by atoms with E-state index in [2.05, 4.69) is 20.4 Å². The van der Waals surface area contributed by atoms with Crippen molar-refractivity contribution in [2.75, 3.05) is 12.9 Å². The van der Waals surface area contributed by atoms with Gasteiger partial charge in [0.2, 0.25) is 0 Å². The van der Waals surface area contributed by atoms with Crippen LogP contribution in [-0.4, -0.2) is 28.4 Å². The molecule has 2 aromatic rings. The highest BCUT2D eigenvalue weighted by atomic mass is 32.2. The van der Waals surface area contributed by atoms with Crippen molar-refractivity contribution in [2.45, 2.75) is 37.5 Å². The van der Waals surface area contributed by atoms with Gasteiger partial charge in [-0.05, 0) is 38.1 Å². The van der Waals surface area contributed by atoms with Crippen molar-refractivity contribution in [3.8, 4) is 17.1 Å². The molecule has 0 radical (unpaired) electrons. The molecule has 0 saturated carbocycles. The van der Waals surface area contributed by atoms with Crippen molar-refractivity contribution in [1.82, 2.24) is 9.97 Å². The first-order valence-corrected chi connectivity index (χ1v) is 8.93. The number of nitrogens with zero attached hydrogens (tertiary/aromatic N) is 2. The SMILES string of the molecule is C=CCSc1nc(-c2ccc(OC)cc2)nc2c1COC(C)(C)C2. The Morgan fingerprint density at radius 1 is 1.29 bits per heavy atom. The molecular formula is C19H22N2O2S. The molecule has 1 aromatic carbocycles. The number of hydrogen-bond acceptors (Lipinski definition) is 5. The normalized spacial score (nSPS) is 15.6. The van der Waals surface area contributed by atoms with E-state index in [0.29, 0.717) is 6.61 Å². The van der Waals surface area contributed by atoms with Crippen LogP contribution in [0.1, 0.15) is 25.1 Å². The maximum Gasteiger partial charge on any atom is 0.160 e. The molecule has 0 atom stereocenters. The predicted octanol–water partition coefficient (Wildman–Crippen LogP) is 4.28. The Bertz CT molecular complexity index is 742. The number of methoxy groups -OCH3 is 1. The highest BCUT2D eigenvalue weighted by Gasteiger charge is 2.30. The molecule has 2 heterocycles. The average molecular weight is 342 g/mol. The summed E-state index contributed by atoms with van der Waals surface area (Å²) in [6.45, 7) is 8.56. The molecule has 0 N–H and O–H groups in total. The van der Waals surface area contributed by atoms with Crippen molar-refractivity contribution >= 4 is 11.8 Å². The monoisotopic (exact) mass is 342 g/mol. The standard InChI is InChI=1S/C19H22N2O2S/c1-5-10-24-18-15-12-23-19(2,3)11-16(15)20-17(21-18)13-6-8-14(22-4)9-7-13/h5-9H,1,10-12H2,2-4H3. The molecule has 0 fully saturated rings. The molecule has 0 unspecified atom stereocenters. The molecule has 24 heavy (non-hydrogen) atoms. The maximum atomic E-state index is 5.95. The lowest BCUT2D eigenvalue weighted by Gasteiger charge is -2.32. The third-order valence-electron chi connectivity index (χ3n) is 3.94. The summed E-state index contributed by atoms with van der Waals surface area (Å²) in [7, 11) is 1.66. The molecule has 3 rings (SSSR count). The van der Waals surface area contributed by atoms with E-state index in [9.17, 15) is 0 Å². The summed E-state index contributed by atoms with van der Waals surface area (Å²) >= 11 is 1.68. The topological polar surface area (TPSA) is 44.2 Å². The van der Waals surface area contributed by atoms with Crippen LogP contribution in [0.2, 0.25) is 0 Å². The molecule has 126 valence electrons. The fourth-order valence-electron chi connectivity index (χ4n) is 2.65. The minimum Gasteiger partial charge on any atom is -0.497 e. The Kier molecular flexibility index (Phi) is 4.92. The number of rotatable bonds is 5. The second kappa shape index (κ2) is 6.95. The van der Waals surface area contributed by atoms with Crippen LogP contribution in [0.5, 0.6) is 5.75 Å². The summed E-state index contributed by atoms with van der Waals surface area (Å²) in [6.07, 6.45) is 2.68. The van der Waals surface area contributed by atoms with Gasteiger partial charge in [0, 0.05) is 23.3 Å². The van der Waals surface area contributed by atoms with Crippen LogP contribution in [0.25, 0.3) is 11.4 Å². The predicted molar refractivity (Wildman–Crippen MR) is 97.5 cm³/mol. The van der Waals surface area contributed by atoms with Crippen LogP contribution in [0.15, 0.2) is 41.9 Å². The van der Waals surface area contributed by atoms with Gasteiger partial charge in [-0.2, -0.15) is 0 Å². The lowest BCUT2D eigenvalue weighted by atomic mass is 9.96. The van der Waals surface area contributed by atoms with Crippen LogP contribution >= 0.6 is 11.8 Å². The van der Waals surface area contributed by atoms with Gasteiger partial charge in [-0.25, -0.2) is 9.97 Å². The number of benzene rings is 1. The van der Waals surface area contributed by atoms with Gasteiger partial charge in [-0.3, -0.25) is 0 Å². The van der Waals surface area contributed by atoms with E-state index in [0.717, 1.165) is 45.6 Å². The molecule has 0 spiro atoms. The Morgan fingerprint density at radius 2 is 2.04 bits per heavy atom. The van der Waals surface area contributed by atoms with Crippen molar-refractivity contribution in [2.24, 2.45) is 0 Å². The van der Waals surface area contributed by atoms with Crippen LogP contribution in [0.3, 0.4) is 0 Å². The lowest BCUT2D eigenvalue weighted by molar-refractivity contribution is -0.0428. The van der Waals surface area contributed by atoms with E-state index >= 15 is 0 Å². The third kappa shape index (κ3) is 3.62. The van der Waals surface area contributed by atoms with E-state index < -0.39 is 0 Å². The number of aromatic nitrogens is 2. The first-order valence-electron chi connectivity index (χ1n) is 7.94. The lowest BCUT2D eigenvalue weighted by Crippen LogP contribution is -2.33. The minimum absolute atomic E-state index is 0.196. The first-order chi connectivity index (χ1) is 11.5. The zero-order chi connectivity index (χ0) is 17.2. The Labute approximate surface area is 147 Å². The van der Waals surface area contributed by atoms with Gasteiger partial charge in [0.05, 0.1) is 25.0 Å². The zero-order valence-corrected chi connectivity index (χ0v) is 15.2. The van der Waals surface area contributed by atoms with Crippen LogP contribution in [0.4, 0.5) is 0 Å². The van der Waals surface area contributed by atoms with Crippen LogP contribution < -0.4 is 4.74 Å². The van der Waals surface area contributed by atoms with Gasteiger partial charge in [0.15, 0.2) is 5.82 Å². The summed E-state index contributed by atoms with van der Waals surface area (Å²) in [5.74, 6) is 2.39. The van der Waals surface area contributed by atoms with Gasteiger partial charge in [0.25, 0.3) is 0 Å². The summed E-state index contributed by atoms with van der Waals surface area (Å²) in [6, 6.07) is 7.85.